The Labute approximate surface area is 160 Å². The van der Waals surface area contributed by atoms with Crippen LogP contribution < -0.4 is 0 Å². The van der Waals surface area contributed by atoms with Crippen molar-refractivity contribution in [3.63, 3.8) is 0 Å². The second-order valence-corrected chi connectivity index (χ2v) is 6.84. The third kappa shape index (κ3) is 4.27. The normalized spacial score (nSPS) is 10.8. The van der Waals surface area contributed by atoms with Crippen molar-refractivity contribution < 1.29 is 9.53 Å². The van der Waals surface area contributed by atoms with Crippen molar-refractivity contribution in [3.8, 4) is 22.5 Å². The second-order valence-electron chi connectivity index (χ2n) is 6.84. The maximum absolute atomic E-state index is 11.9. The van der Waals surface area contributed by atoms with Crippen molar-refractivity contribution >= 4 is 5.97 Å². The van der Waals surface area contributed by atoms with E-state index < -0.39 is 0 Å². The minimum absolute atomic E-state index is 0.196. The molecule has 1 heterocycles. The Bertz CT molecular complexity index is 957. The largest absolute Gasteiger partial charge is 0.466 e. The number of rotatable bonds is 6. The van der Waals surface area contributed by atoms with Crippen molar-refractivity contribution in [2.45, 2.75) is 40.7 Å². The van der Waals surface area contributed by atoms with Gasteiger partial charge in [-0.15, -0.1) is 0 Å². The summed E-state index contributed by atoms with van der Waals surface area (Å²) in [4.78, 5) is 11.9. The van der Waals surface area contributed by atoms with E-state index >= 15 is 0 Å². The molecule has 0 radical (unpaired) electrons. The standard InChI is InChI=1S/C23H26N2O2/c1-5-27-21(26)12-13-25-23(20-11-7-9-17(3)15-20)18(4)22(24-25)19-10-6-8-16(2)14-19/h6-11,14-15H,5,12-13H2,1-4H3. The van der Waals surface area contributed by atoms with Gasteiger partial charge in [-0.25, -0.2) is 0 Å². The van der Waals surface area contributed by atoms with Gasteiger partial charge in [-0.05, 0) is 39.8 Å². The first-order chi connectivity index (χ1) is 13.0. The molecule has 4 heteroatoms. The molecule has 0 fully saturated rings. The molecule has 140 valence electrons. The quantitative estimate of drug-likeness (QED) is 0.573. The first kappa shape index (κ1) is 18.9. The van der Waals surface area contributed by atoms with Crippen LogP contribution in [0.2, 0.25) is 0 Å². The Hall–Kier alpha value is -2.88. The molecule has 3 rings (SSSR count). The van der Waals surface area contributed by atoms with Crippen LogP contribution in [0, 0.1) is 20.8 Å². The van der Waals surface area contributed by atoms with E-state index in [2.05, 4.69) is 63.2 Å². The summed E-state index contributed by atoms with van der Waals surface area (Å²) in [5.41, 5.74) is 7.74. The highest BCUT2D eigenvalue weighted by Gasteiger charge is 2.18. The van der Waals surface area contributed by atoms with Gasteiger partial charge in [0, 0.05) is 16.7 Å². The van der Waals surface area contributed by atoms with E-state index in [1.54, 1.807) is 0 Å². The van der Waals surface area contributed by atoms with Gasteiger partial charge >= 0.3 is 5.97 Å². The third-order valence-corrected chi connectivity index (χ3v) is 4.61. The van der Waals surface area contributed by atoms with Crippen molar-refractivity contribution in [3.05, 3.63) is 65.2 Å². The number of carbonyl (C=O) groups excluding carboxylic acids is 1. The van der Waals surface area contributed by atoms with Crippen molar-refractivity contribution in [1.29, 1.82) is 0 Å². The van der Waals surface area contributed by atoms with Gasteiger partial charge in [0.05, 0.1) is 31.0 Å². The topological polar surface area (TPSA) is 44.1 Å². The molecule has 0 N–H and O–H groups in total. The molecule has 0 spiro atoms. The monoisotopic (exact) mass is 362 g/mol. The molecule has 1 aromatic heterocycles. The highest BCUT2D eigenvalue weighted by molar-refractivity contribution is 5.75. The molecule has 2 aromatic carbocycles. The van der Waals surface area contributed by atoms with E-state index in [1.807, 2.05) is 17.7 Å². The summed E-state index contributed by atoms with van der Waals surface area (Å²) in [5.74, 6) is -0.196. The smallest absolute Gasteiger partial charge is 0.307 e. The summed E-state index contributed by atoms with van der Waals surface area (Å²) in [6.45, 7) is 8.98. The summed E-state index contributed by atoms with van der Waals surface area (Å²) >= 11 is 0. The van der Waals surface area contributed by atoms with E-state index in [0.717, 1.165) is 28.1 Å². The number of nitrogens with zero attached hydrogens (tertiary/aromatic N) is 2. The van der Waals surface area contributed by atoms with E-state index in [9.17, 15) is 4.79 Å². The van der Waals surface area contributed by atoms with E-state index in [1.165, 1.54) is 11.1 Å². The van der Waals surface area contributed by atoms with Crippen LogP contribution in [0.25, 0.3) is 22.5 Å². The van der Waals surface area contributed by atoms with Crippen molar-refractivity contribution in [2.75, 3.05) is 6.61 Å². The lowest BCUT2D eigenvalue weighted by atomic mass is 10.0. The van der Waals surface area contributed by atoms with Crippen LogP contribution in [0.1, 0.15) is 30.0 Å². The van der Waals surface area contributed by atoms with E-state index in [0.29, 0.717) is 19.6 Å². The number of carbonyl (C=O) groups is 1. The molecule has 0 unspecified atom stereocenters. The van der Waals surface area contributed by atoms with Crippen LogP contribution in [-0.2, 0) is 16.1 Å². The van der Waals surface area contributed by atoms with Gasteiger partial charge < -0.3 is 4.74 Å². The van der Waals surface area contributed by atoms with Crippen LogP contribution in [0.5, 0.6) is 0 Å². The number of aryl methyl sites for hydroxylation is 3. The summed E-state index contributed by atoms with van der Waals surface area (Å²) in [6, 6.07) is 16.7. The summed E-state index contributed by atoms with van der Waals surface area (Å²) < 4.78 is 7.03. The van der Waals surface area contributed by atoms with Gasteiger partial charge in [-0.3, -0.25) is 9.48 Å². The van der Waals surface area contributed by atoms with Crippen molar-refractivity contribution in [2.24, 2.45) is 0 Å². The van der Waals surface area contributed by atoms with Crippen molar-refractivity contribution in [1.82, 2.24) is 9.78 Å². The van der Waals surface area contributed by atoms with Crippen LogP contribution in [0.15, 0.2) is 48.5 Å². The number of benzene rings is 2. The Kier molecular flexibility index (Phi) is 5.75. The van der Waals surface area contributed by atoms with E-state index in [4.69, 9.17) is 9.84 Å². The number of ether oxygens (including phenoxy) is 1. The average Bonchev–Trinajstić information content (AvgIpc) is 2.96. The highest BCUT2D eigenvalue weighted by Crippen LogP contribution is 2.32. The Balaban J connectivity index is 2.07. The lowest BCUT2D eigenvalue weighted by Crippen LogP contribution is -2.11. The molecule has 0 atom stereocenters. The van der Waals surface area contributed by atoms with Gasteiger partial charge in [0.1, 0.15) is 0 Å². The highest BCUT2D eigenvalue weighted by atomic mass is 16.5. The molecule has 27 heavy (non-hydrogen) atoms. The number of hydrogen-bond acceptors (Lipinski definition) is 3. The molecular weight excluding hydrogens is 336 g/mol. The summed E-state index contributed by atoms with van der Waals surface area (Å²) in [7, 11) is 0. The van der Waals surface area contributed by atoms with Gasteiger partial charge in [0.25, 0.3) is 0 Å². The molecule has 3 aromatic rings. The van der Waals surface area contributed by atoms with Gasteiger partial charge in [-0.1, -0.05) is 47.5 Å². The number of hydrogen-bond donors (Lipinski definition) is 0. The Morgan fingerprint density at radius 3 is 2.26 bits per heavy atom. The number of esters is 1. The molecule has 0 saturated heterocycles. The molecule has 0 amide bonds. The van der Waals surface area contributed by atoms with Crippen LogP contribution in [0.3, 0.4) is 0 Å². The number of aromatic nitrogens is 2. The van der Waals surface area contributed by atoms with Crippen LogP contribution in [0.4, 0.5) is 0 Å². The maximum atomic E-state index is 11.9. The zero-order valence-corrected chi connectivity index (χ0v) is 16.5. The van der Waals surface area contributed by atoms with Gasteiger partial charge in [-0.2, -0.15) is 5.10 Å². The molecule has 0 bridgehead atoms. The third-order valence-electron chi connectivity index (χ3n) is 4.61. The van der Waals surface area contributed by atoms with Gasteiger partial charge in [0.2, 0.25) is 0 Å². The molecule has 4 nitrogen and oxygen atoms in total. The van der Waals surface area contributed by atoms with Crippen LogP contribution in [-0.4, -0.2) is 22.4 Å². The summed E-state index contributed by atoms with van der Waals surface area (Å²) in [5, 5.41) is 4.87. The minimum Gasteiger partial charge on any atom is -0.466 e. The van der Waals surface area contributed by atoms with Crippen LogP contribution >= 0.6 is 0 Å². The fourth-order valence-corrected chi connectivity index (χ4v) is 3.37. The summed E-state index contributed by atoms with van der Waals surface area (Å²) in [6.07, 6.45) is 0.307. The lowest BCUT2D eigenvalue weighted by molar-refractivity contribution is -0.143. The second kappa shape index (κ2) is 8.21. The average molecular weight is 362 g/mol. The Morgan fingerprint density at radius 1 is 1.00 bits per heavy atom. The molecular formula is C23H26N2O2. The Morgan fingerprint density at radius 2 is 1.63 bits per heavy atom. The zero-order chi connectivity index (χ0) is 19.4. The lowest BCUT2D eigenvalue weighted by Gasteiger charge is -2.09. The minimum atomic E-state index is -0.196. The fourth-order valence-electron chi connectivity index (χ4n) is 3.37. The zero-order valence-electron chi connectivity index (χ0n) is 16.5. The fraction of sp³-hybridized carbons (Fsp3) is 0.304. The SMILES string of the molecule is CCOC(=O)CCn1nc(-c2cccc(C)c2)c(C)c1-c1cccc(C)c1. The molecule has 0 saturated carbocycles. The first-order valence-corrected chi connectivity index (χ1v) is 9.36. The molecule has 0 aliphatic heterocycles. The molecule has 0 aliphatic rings. The van der Waals surface area contributed by atoms with Gasteiger partial charge in [0.15, 0.2) is 0 Å². The predicted octanol–water partition coefficient (Wildman–Crippen LogP) is 5.10. The first-order valence-electron chi connectivity index (χ1n) is 9.36. The van der Waals surface area contributed by atoms with E-state index in [-0.39, 0.29) is 5.97 Å². The maximum Gasteiger partial charge on any atom is 0.307 e. The predicted molar refractivity (Wildman–Crippen MR) is 109 cm³/mol. The molecule has 0 aliphatic carbocycles.